The summed E-state index contributed by atoms with van der Waals surface area (Å²) in [6.07, 6.45) is 0. The SMILES string of the molecule is COc1ccc(CN(C)c2c(N)cc(N)c(Cl)c2F)cc1. The zero-order chi connectivity index (χ0) is 15.6. The highest BCUT2D eigenvalue weighted by Crippen LogP contribution is 2.36. The van der Waals surface area contributed by atoms with Crippen molar-refractivity contribution in [2.24, 2.45) is 0 Å². The molecule has 0 radical (unpaired) electrons. The highest BCUT2D eigenvalue weighted by molar-refractivity contribution is 6.33. The number of rotatable bonds is 4. The van der Waals surface area contributed by atoms with Gasteiger partial charge in [-0.05, 0) is 23.8 Å². The Balaban J connectivity index is 2.27. The van der Waals surface area contributed by atoms with E-state index in [1.165, 1.54) is 6.07 Å². The zero-order valence-electron chi connectivity index (χ0n) is 11.9. The Labute approximate surface area is 128 Å². The number of benzene rings is 2. The third kappa shape index (κ3) is 3.13. The molecule has 2 rings (SSSR count). The lowest BCUT2D eigenvalue weighted by Gasteiger charge is -2.23. The summed E-state index contributed by atoms with van der Waals surface area (Å²) in [6, 6.07) is 8.97. The maximum absolute atomic E-state index is 14.2. The number of methoxy groups -OCH3 is 1. The molecule has 0 saturated heterocycles. The van der Waals surface area contributed by atoms with Crippen LogP contribution in [0, 0.1) is 5.82 Å². The van der Waals surface area contributed by atoms with E-state index in [1.807, 2.05) is 24.3 Å². The molecule has 0 fully saturated rings. The molecule has 2 aromatic carbocycles. The molecule has 0 spiro atoms. The van der Waals surface area contributed by atoms with E-state index in [-0.39, 0.29) is 22.1 Å². The van der Waals surface area contributed by atoms with Gasteiger partial charge in [0.2, 0.25) is 0 Å². The minimum atomic E-state index is -0.606. The third-order valence-corrected chi connectivity index (χ3v) is 3.58. The Bertz CT molecular complexity index is 646. The molecule has 6 heteroatoms. The van der Waals surface area contributed by atoms with Gasteiger partial charge in [-0.1, -0.05) is 23.7 Å². The Kier molecular flexibility index (Phi) is 4.43. The van der Waals surface area contributed by atoms with E-state index in [0.29, 0.717) is 6.54 Å². The monoisotopic (exact) mass is 309 g/mol. The van der Waals surface area contributed by atoms with Crippen LogP contribution in [0.25, 0.3) is 0 Å². The van der Waals surface area contributed by atoms with E-state index < -0.39 is 5.82 Å². The van der Waals surface area contributed by atoms with Crippen molar-refractivity contribution in [3.8, 4) is 5.75 Å². The molecule has 0 bridgehead atoms. The van der Waals surface area contributed by atoms with Crippen molar-refractivity contribution in [2.45, 2.75) is 6.54 Å². The molecule has 0 amide bonds. The molecular weight excluding hydrogens is 293 g/mol. The second-order valence-corrected chi connectivity index (χ2v) is 5.11. The average Bonchev–Trinajstić information content (AvgIpc) is 2.45. The van der Waals surface area contributed by atoms with E-state index in [2.05, 4.69) is 0 Å². The van der Waals surface area contributed by atoms with Crippen LogP contribution < -0.4 is 21.1 Å². The standard InChI is InChI=1S/C15H17ClFN3O/c1-20(8-9-3-5-10(21-2)6-4-9)15-12(19)7-11(18)13(16)14(15)17/h3-7H,8,18-19H2,1-2H3. The Morgan fingerprint density at radius 3 is 2.38 bits per heavy atom. The van der Waals surface area contributed by atoms with Gasteiger partial charge in [-0.2, -0.15) is 0 Å². The van der Waals surface area contributed by atoms with E-state index in [4.69, 9.17) is 27.8 Å². The Morgan fingerprint density at radius 1 is 1.19 bits per heavy atom. The fourth-order valence-electron chi connectivity index (χ4n) is 2.13. The van der Waals surface area contributed by atoms with Gasteiger partial charge in [0.25, 0.3) is 0 Å². The summed E-state index contributed by atoms with van der Waals surface area (Å²) in [7, 11) is 3.35. The first-order valence-electron chi connectivity index (χ1n) is 6.31. The fourth-order valence-corrected chi connectivity index (χ4v) is 2.27. The lowest BCUT2D eigenvalue weighted by Crippen LogP contribution is -2.19. The van der Waals surface area contributed by atoms with Crippen molar-refractivity contribution in [3.05, 3.63) is 46.7 Å². The van der Waals surface area contributed by atoms with Gasteiger partial charge in [-0.3, -0.25) is 0 Å². The summed E-state index contributed by atoms with van der Waals surface area (Å²) in [5, 5.41) is -0.110. The number of hydrogen-bond acceptors (Lipinski definition) is 4. The number of anilines is 3. The van der Waals surface area contributed by atoms with Crippen molar-refractivity contribution >= 4 is 28.7 Å². The topological polar surface area (TPSA) is 64.5 Å². The van der Waals surface area contributed by atoms with Crippen molar-refractivity contribution in [1.29, 1.82) is 0 Å². The van der Waals surface area contributed by atoms with Crippen molar-refractivity contribution in [3.63, 3.8) is 0 Å². The minimum Gasteiger partial charge on any atom is -0.497 e. The lowest BCUT2D eigenvalue weighted by atomic mass is 10.1. The Morgan fingerprint density at radius 2 is 1.81 bits per heavy atom. The second-order valence-electron chi connectivity index (χ2n) is 4.74. The first kappa shape index (κ1) is 15.3. The average molecular weight is 310 g/mol. The summed E-state index contributed by atoms with van der Waals surface area (Å²) in [6.45, 7) is 0.478. The molecule has 0 saturated carbocycles. The zero-order valence-corrected chi connectivity index (χ0v) is 12.6. The maximum atomic E-state index is 14.2. The van der Waals surface area contributed by atoms with E-state index >= 15 is 0 Å². The van der Waals surface area contributed by atoms with Crippen LogP contribution >= 0.6 is 11.6 Å². The molecule has 112 valence electrons. The molecule has 4 N–H and O–H groups in total. The molecular formula is C15H17ClFN3O. The fraction of sp³-hybridized carbons (Fsp3) is 0.200. The van der Waals surface area contributed by atoms with Crippen molar-refractivity contribution in [1.82, 2.24) is 0 Å². The van der Waals surface area contributed by atoms with Crippen LogP contribution in [-0.4, -0.2) is 14.2 Å². The van der Waals surface area contributed by atoms with Gasteiger partial charge in [-0.25, -0.2) is 4.39 Å². The molecule has 0 aliphatic rings. The van der Waals surface area contributed by atoms with Gasteiger partial charge < -0.3 is 21.1 Å². The first-order chi connectivity index (χ1) is 9.93. The van der Waals surface area contributed by atoms with Crippen LogP contribution in [0.15, 0.2) is 30.3 Å². The highest BCUT2D eigenvalue weighted by atomic mass is 35.5. The van der Waals surface area contributed by atoms with Crippen LogP contribution in [-0.2, 0) is 6.54 Å². The number of nitrogens with zero attached hydrogens (tertiary/aromatic N) is 1. The predicted molar refractivity (Wildman–Crippen MR) is 85.3 cm³/mol. The molecule has 0 unspecified atom stereocenters. The normalized spacial score (nSPS) is 10.5. The molecule has 0 aromatic heterocycles. The van der Waals surface area contributed by atoms with Crippen LogP contribution in [0.3, 0.4) is 0 Å². The number of halogens is 2. The van der Waals surface area contributed by atoms with E-state index in [0.717, 1.165) is 11.3 Å². The number of nitrogens with two attached hydrogens (primary N) is 2. The third-order valence-electron chi connectivity index (χ3n) is 3.20. The van der Waals surface area contributed by atoms with Crippen LogP contribution in [0.4, 0.5) is 21.5 Å². The lowest BCUT2D eigenvalue weighted by molar-refractivity contribution is 0.414. The van der Waals surface area contributed by atoms with E-state index in [1.54, 1.807) is 19.1 Å². The first-order valence-corrected chi connectivity index (χ1v) is 6.68. The van der Waals surface area contributed by atoms with Crippen molar-refractivity contribution in [2.75, 3.05) is 30.5 Å². The highest BCUT2D eigenvalue weighted by Gasteiger charge is 2.17. The van der Waals surface area contributed by atoms with Gasteiger partial charge >= 0.3 is 0 Å². The van der Waals surface area contributed by atoms with Gasteiger partial charge in [0.1, 0.15) is 10.8 Å². The summed E-state index contributed by atoms with van der Waals surface area (Å²) >= 11 is 5.84. The van der Waals surface area contributed by atoms with Crippen LogP contribution in [0.1, 0.15) is 5.56 Å². The van der Waals surface area contributed by atoms with Gasteiger partial charge in [-0.15, -0.1) is 0 Å². The number of nitrogen functional groups attached to an aromatic ring is 2. The summed E-state index contributed by atoms with van der Waals surface area (Å²) < 4.78 is 19.3. The summed E-state index contributed by atoms with van der Waals surface area (Å²) in [5.41, 5.74) is 13.1. The number of ether oxygens (including phenoxy) is 1. The largest absolute Gasteiger partial charge is 0.497 e. The molecule has 4 nitrogen and oxygen atoms in total. The quantitative estimate of drug-likeness (QED) is 0.851. The summed E-state index contributed by atoms with van der Waals surface area (Å²) in [4.78, 5) is 1.69. The molecule has 2 aromatic rings. The van der Waals surface area contributed by atoms with Gasteiger partial charge in [0.05, 0.1) is 24.2 Å². The smallest absolute Gasteiger partial charge is 0.169 e. The molecule has 0 heterocycles. The van der Waals surface area contributed by atoms with E-state index in [9.17, 15) is 4.39 Å². The predicted octanol–water partition coefficient (Wildman–Crippen LogP) is 3.29. The minimum absolute atomic E-state index is 0.110. The van der Waals surface area contributed by atoms with Gasteiger partial charge in [0, 0.05) is 13.6 Å². The molecule has 0 aliphatic carbocycles. The molecule has 0 aliphatic heterocycles. The van der Waals surface area contributed by atoms with Crippen molar-refractivity contribution < 1.29 is 9.13 Å². The molecule has 0 atom stereocenters. The second kappa shape index (κ2) is 6.10. The maximum Gasteiger partial charge on any atom is 0.169 e. The number of hydrogen-bond donors (Lipinski definition) is 2. The Hall–Kier alpha value is -2.14. The molecule has 21 heavy (non-hydrogen) atoms. The van der Waals surface area contributed by atoms with Gasteiger partial charge in [0.15, 0.2) is 5.82 Å². The van der Waals surface area contributed by atoms with Crippen LogP contribution in [0.5, 0.6) is 5.75 Å². The summed E-state index contributed by atoms with van der Waals surface area (Å²) in [5.74, 6) is 0.160. The van der Waals surface area contributed by atoms with Crippen LogP contribution in [0.2, 0.25) is 5.02 Å².